The maximum atomic E-state index is 12.5. The highest BCUT2D eigenvalue weighted by Crippen LogP contribution is 2.29. The SMILES string of the molecule is CNS(=O)(=O)CCNC(=O)c1noc2c1CN(c1ncnc3[nH]ccc13)CC2. The molecule has 3 N–H and O–H groups in total. The van der Waals surface area contributed by atoms with Gasteiger partial charge in [-0.25, -0.2) is 23.1 Å². The number of aromatic amines is 1. The summed E-state index contributed by atoms with van der Waals surface area (Å²) in [6.45, 7) is 1.05. The fourth-order valence-corrected chi connectivity index (χ4v) is 3.74. The zero-order chi connectivity index (χ0) is 19.7. The van der Waals surface area contributed by atoms with Gasteiger partial charge < -0.3 is 19.7 Å². The number of carbonyl (C=O) groups is 1. The van der Waals surface area contributed by atoms with Gasteiger partial charge in [0.25, 0.3) is 5.91 Å². The van der Waals surface area contributed by atoms with Gasteiger partial charge in [0, 0.05) is 31.3 Å². The van der Waals surface area contributed by atoms with E-state index < -0.39 is 15.9 Å². The van der Waals surface area contributed by atoms with Crippen LogP contribution in [0.15, 0.2) is 23.1 Å². The largest absolute Gasteiger partial charge is 0.360 e. The van der Waals surface area contributed by atoms with Crippen LogP contribution in [-0.4, -0.2) is 60.3 Å². The second kappa shape index (κ2) is 7.20. The van der Waals surface area contributed by atoms with Gasteiger partial charge in [-0.3, -0.25) is 4.79 Å². The fraction of sp³-hybridized carbons (Fsp3) is 0.375. The Morgan fingerprint density at radius 2 is 2.25 bits per heavy atom. The number of rotatable bonds is 6. The molecular formula is C16H19N7O4S. The van der Waals surface area contributed by atoms with Crippen LogP contribution in [-0.2, 0) is 23.0 Å². The molecule has 12 heteroatoms. The van der Waals surface area contributed by atoms with Crippen molar-refractivity contribution >= 4 is 32.8 Å². The summed E-state index contributed by atoms with van der Waals surface area (Å²) < 4.78 is 30.5. The fourth-order valence-electron chi connectivity index (χ4n) is 3.16. The summed E-state index contributed by atoms with van der Waals surface area (Å²) in [6, 6.07) is 1.91. The van der Waals surface area contributed by atoms with E-state index in [1.165, 1.54) is 13.4 Å². The number of hydrogen-bond donors (Lipinski definition) is 3. The van der Waals surface area contributed by atoms with Crippen molar-refractivity contribution in [2.24, 2.45) is 0 Å². The number of sulfonamides is 1. The first-order valence-corrected chi connectivity index (χ1v) is 10.3. The van der Waals surface area contributed by atoms with Crippen molar-refractivity contribution in [3.05, 3.63) is 35.6 Å². The number of hydrogen-bond acceptors (Lipinski definition) is 8. The second-order valence-electron chi connectivity index (χ2n) is 6.32. The van der Waals surface area contributed by atoms with E-state index in [0.717, 1.165) is 16.9 Å². The summed E-state index contributed by atoms with van der Waals surface area (Å²) in [5.41, 5.74) is 1.59. The molecule has 0 aliphatic carbocycles. The molecule has 148 valence electrons. The molecule has 0 aromatic carbocycles. The molecule has 11 nitrogen and oxygen atoms in total. The average Bonchev–Trinajstić information content (AvgIpc) is 3.33. The predicted octanol–water partition coefficient (Wildman–Crippen LogP) is -0.212. The number of carbonyl (C=O) groups excluding carboxylic acids is 1. The van der Waals surface area contributed by atoms with E-state index in [2.05, 4.69) is 30.1 Å². The molecule has 28 heavy (non-hydrogen) atoms. The summed E-state index contributed by atoms with van der Waals surface area (Å²) in [7, 11) is -2.07. The van der Waals surface area contributed by atoms with Gasteiger partial charge in [-0.05, 0) is 13.1 Å². The van der Waals surface area contributed by atoms with Crippen molar-refractivity contribution < 1.29 is 17.7 Å². The minimum absolute atomic E-state index is 0.0246. The summed E-state index contributed by atoms with van der Waals surface area (Å²) >= 11 is 0. The standard InChI is InChI=1S/C16H19N7O4S/c1-17-28(25,26)7-5-19-16(24)13-11-8-23(6-3-12(11)27-22-13)15-10-2-4-18-14(10)20-9-21-15/h2,4,9,17H,3,5-8H2,1H3,(H,19,24)(H,18,20,21). The molecule has 0 bridgehead atoms. The summed E-state index contributed by atoms with van der Waals surface area (Å²) in [6.07, 6.45) is 3.88. The number of fused-ring (bicyclic) bond motifs is 2. The topological polar surface area (TPSA) is 146 Å². The summed E-state index contributed by atoms with van der Waals surface area (Å²) in [4.78, 5) is 26.2. The zero-order valence-electron chi connectivity index (χ0n) is 15.1. The van der Waals surface area contributed by atoms with Gasteiger partial charge in [0.15, 0.2) is 5.69 Å². The third kappa shape index (κ3) is 3.43. The van der Waals surface area contributed by atoms with Gasteiger partial charge >= 0.3 is 0 Å². The van der Waals surface area contributed by atoms with Gasteiger partial charge in [-0.1, -0.05) is 5.16 Å². The van der Waals surface area contributed by atoms with Crippen molar-refractivity contribution in [3.63, 3.8) is 0 Å². The first-order valence-electron chi connectivity index (χ1n) is 8.68. The van der Waals surface area contributed by atoms with E-state index in [-0.39, 0.29) is 18.0 Å². The van der Waals surface area contributed by atoms with Crippen molar-refractivity contribution in [1.29, 1.82) is 0 Å². The maximum Gasteiger partial charge on any atom is 0.273 e. The Balaban J connectivity index is 1.52. The van der Waals surface area contributed by atoms with Gasteiger partial charge in [0.05, 0.1) is 17.7 Å². The smallest absolute Gasteiger partial charge is 0.273 e. The van der Waals surface area contributed by atoms with E-state index in [1.54, 1.807) is 6.20 Å². The number of anilines is 1. The highest BCUT2D eigenvalue weighted by molar-refractivity contribution is 7.89. The number of nitrogens with one attached hydrogen (secondary N) is 3. The lowest BCUT2D eigenvalue weighted by atomic mass is 10.1. The lowest BCUT2D eigenvalue weighted by Gasteiger charge is -2.27. The van der Waals surface area contributed by atoms with Gasteiger partial charge in [0.1, 0.15) is 23.6 Å². The molecule has 0 fully saturated rings. The molecule has 1 aliphatic rings. The first kappa shape index (κ1) is 18.4. The van der Waals surface area contributed by atoms with E-state index >= 15 is 0 Å². The van der Waals surface area contributed by atoms with Crippen LogP contribution in [0.5, 0.6) is 0 Å². The molecule has 0 atom stereocenters. The van der Waals surface area contributed by atoms with Gasteiger partial charge in [-0.15, -0.1) is 0 Å². The van der Waals surface area contributed by atoms with Crippen LogP contribution < -0.4 is 14.9 Å². The number of amides is 1. The van der Waals surface area contributed by atoms with E-state index in [1.807, 2.05) is 11.0 Å². The molecule has 0 unspecified atom stereocenters. The molecular weight excluding hydrogens is 386 g/mol. The third-order valence-corrected chi connectivity index (χ3v) is 6.01. The second-order valence-corrected chi connectivity index (χ2v) is 8.37. The minimum atomic E-state index is -3.40. The van der Waals surface area contributed by atoms with E-state index in [4.69, 9.17) is 4.52 Å². The average molecular weight is 405 g/mol. The van der Waals surface area contributed by atoms with Crippen molar-refractivity contribution in [2.75, 3.05) is 30.8 Å². The van der Waals surface area contributed by atoms with Crippen molar-refractivity contribution in [1.82, 2.24) is 30.1 Å². The minimum Gasteiger partial charge on any atom is -0.360 e. The van der Waals surface area contributed by atoms with Crippen LogP contribution in [0.4, 0.5) is 5.82 Å². The lowest BCUT2D eigenvalue weighted by molar-refractivity contribution is 0.0946. The normalized spacial score (nSPS) is 14.2. The molecule has 3 aromatic heterocycles. The monoisotopic (exact) mass is 405 g/mol. The Hall–Kier alpha value is -2.99. The van der Waals surface area contributed by atoms with Crippen LogP contribution in [0, 0.1) is 0 Å². The Labute approximate surface area is 160 Å². The quantitative estimate of drug-likeness (QED) is 0.510. The van der Waals surface area contributed by atoms with Gasteiger partial charge in [-0.2, -0.15) is 0 Å². The summed E-state index contributed by atoms with van der Waals surface area (Å²) in [5, 5.41) is 7.37. The molecule has 0 radical (unpaired) electrons. The number of nitrogens with zero attached hydrogens (tertiary/aromatic N) is 4. The molecule has 1 aliphatic heterocycles. The Kier molecular flexibility index (Phi) is 4.73. The number of aromatic nitrogens is 4. The summed E-state index contributed by atoms with van der Waals surface area (Å²) in [5.74, 6) is 0.745. The number of H-pyrrole nitrogens is 1. The van der Waals surface area contributed by atoms with Crippen LogP contribution in [0.1, 0.15) is 21.8 Å². The third-order valence-electron chi connectivity index (χ3n) is 4.64. The van der Waals surface area contributed by atoms with Crippen molar-refractivity contribution in [3.8, 4) is 0 Å². The van der Waals surface area contributed by atoms with Crippen LogP contribution in [0.25, 0.3) is 11.0 Å². The molecule has 3 aromatic rings. The Morgan fingerprint density at radius 3 is 3.07 bits per heavy atom. The molecule has 0 spiro atoms. The van der Waals surface area contributed by atoms with Crippen molar-refractivity contribution in [2.45, 2.75) is 13.0 Å². The Morgan fingerprint density at radius 1 is 1.39 bits per heavy atom. The zero-order valence-corrected chi connectivity index (χ0v) is 15.9. The molecule has 0 saturated carbocycles. The predicted molar refractivity (Wildman–Crippen MR) is 100 cm³/mol. The Bertz CT molecular complexity index is 1120. The van der Waals surface area contributed by atoms with Crippen LogP contribution in [0.2, 0.25) is 0 Å². The molecule has 0 saturated heterocycles. The van der Waals surface area contributed by atoms with Gasteiger partial charge in [0.2, 0.25) is 10.0 Å². The first-order chi connectivity index (χ1) is 13.5. The van der Waals surface area contributed by atoms with Crippen LogP contribution >= 0.6 is 0 Å². The molecule has 4 rings (SSSR count). The maximum absolute atomic E-state index is 12.5. The van der Waals surface area contributed by atoms with Crippen LogP contribution in [0.3, 0.4) is 0 Å². The lowest BCUT2D eigenvalue weighted by Crippen LogP contribution is -2.35. The highest BCUT2D eigenvalue weighted by Gasteiger charge is 2.29. The molecule has 1 amide bonds. The molecule has 4 heterocycles. The van der Waals surface area contributed by atoms with E-state index in [9.17, 15) is 13.2 Å². The van der Waals surface area contributed by atoms with E-state index in [0.29, 0.717) is 30.8 Å². The highest BCUT2D eigenvalue weighted by atomic mass is 32.2.